The van der Waals surface area contributed by atoms with Gasteiger partial charge in [-0.05, 0) is 124 Å². The maximum Gasteiger partial charge on any atom is 0.321 e. The molecule has 0 saturated carbocycles. The van der Waals surface area contributed by atoms with Crippen molar-refractivity contribution in [3.8, 4) is 0 Å². The van der Waals surface area contributed by atoms with Crippen molar-refractivity contribution >= 4 is 29.1 Å². The van der Waals surface area contributed by atoms with Gasteiger partial charge in [-0.3, -0.25) is 9.59 Å². The van der Waals surface area contributed by atoms with Crippen LogP contribution in [0.2, 0.25) is 0 Å². The van der Waals surface area contributed by atoms with E-state index in [2.05, 4.69) is 99.4 Å². The Morgan fingerprint density at radius 1 is 0.767 bits per heavy atom. The predicted molar refractivity (Wildman–Crippen MR) is 303 cm³/mol. The van der Waals surface area contributed by atoms with Gasteiger partial charge in [-0.25, -0.2) is 15.0 Å². The number of aliphatic hydroxyl groups excluding tert-OH is 1. The second kappa shape index (κ2) is 27.5. The summed E-state index contributed by atoms with van der Waals surface area (Å²) in [6.07, 6.45) is 31.8. The van der Waals surface area contributed by atoms with Crippen LogP contribution in [0.15, 0.2) is 131 Å². The van der Waals surface area contributed by atoms with Crippen LogP contribution in [0.4, 0.5) is 0 Å². The van der Waals surface area contributed by atoms with Crippen molar-refractivity contribution in [2.24, 2.45) is 50.5 Å². The molecule has 0 amide bonds. The van der Waals surface area contributed by atoms with Gasteiger partial charge in [0.15, 0.2) is 0 Å². The highest BCUT2D eigenvalue weighted by Gasteiger charge is 2.49. The first-order chi connectivity index (χ1) is 35.1. The lowest BCUT2D eigenvalue weighted by atomic mass is 9.84. The Kier molecular flexibility index (Phi) is 21.5. The van der Waals surface area contributed by atoms with E-state index >= 15 is 0 Å². The molecule has 6 aliphatic rings. The van der Waals surface area contributed by atoms with Gasteiger partial charge in [-0.2, -0.15) is 0 Å². The largest absolute Gasteiger partial charge is 0.510 e. The van der Waals surface area contributed by atoms with Crippen molar-refractivity contribution in [3.63, 3.8) is 0 Å². The Morgan fingerprint density at radius 3 is 2.08 bits per heavy atom. The normalized spacial score (nSPS) is 21.4. The number of carbonyl (C=O) groups excluding carboxylic acids is 2. The van der Waals surface area contributed by atoms with Gasteiger partial charge in [0.05, 0.1) is 40.8 Å². The lowest BCUT2D eigenvalue weighted by molar-refractivity contribution is -0.147. The minimum Gasteiger partial charge on any atom is -0.510 e. The first-order valence-corrected chi connectivity index (χ1v) is 28.7. The number of rotatable bonds is 29. The minimum atomic E-state index is -1.07. The number of nitrogens with zero attached hydrogens (tertiary/aromatic N) is 3. The van der Waals surface area contributed by atoms with Gasteiger partial charge >= 0.3 is 11.9 Å². The van der Waals surface area contributed by atoms with Crippen molar-refractivity contribution in [2.75, 3.05) is 13.2 Å². The van der Waals surface area contributed by atoms with Crippen LogP contribution in [0.25, 0.3) is 0 Å². The van der Waals surface area contributed by atoms with E-state index in [-0.39, 0.29) is 43.2 Å². The zero-order chi connectivity index (χ0) is 52.8. The molecule has 5 atom stereocenters. The van der Waals surface area contributed by atoms with E-state index < -0.39 is 11.9 Å². The molecule has 73 heavy (non-hydrogen) atoms. The molecule has 0 aromatic heterocycles. The zero-order valence-electron chi connectivity index (χ0n) is 47.0. The van der Waals surface area contributed by atoms with E-state index in [1.165, 1.54) is 82.6 Å². The maximum atomic E-state index is 14.5. The molecule has 0 aromatic rings. The summed E-state index contributed by atoms with van der Waals surface area (Å²) in [5.74, 6) is 0.106. The number of fused-ring (bicyclic) bond motifs is 5. The molecule has 9 heteroatoms. The third kappa shape index (κ3) is 14.6. The van der Waals surface area contributed by atoms with Crippen LogP contribution in [0.3, 0.4) is 0 Å². The summed E-state index contributed by atoms with van der Waals surface area (Å²) in [4.78, 5) is 43.7. The SMILES string of the molecule is C=CC1=C(C)C2=NC1=CC1=NC(=CC3=C(C)C4=C(O)[C@H](C(=O)OCCCCCCCCCC)C(=C5NC(=C2)[C@@H](C)[C@@H]5CCC(=O)OC/C=C(\C)CCC[C@H](C)CCC[C@H](C)CCCC(C)C)C4=N3)C(CC)=C1C. The number of allylic oxidation sites excluding steroid dienone is 12. The third-order valence-corrected chi connectivity index (χ3v) is 16.4. The van der Waals surface area contributed by atoms with Gasteiger partial charge in [0, 0.05) is 46.4 Å². The summed E-state index contributed by atoms with van der Waals surface area (Å²) in [6, 6.07) is 0. The molecular weight excluding hydrogens is 905 g/mol. The zero-order valence-corrected chi connectivity index (χ0v) is 47.0. The molecular formula is C64H92N4O5. The van der Waals surface area contributed by atoms with Crippen LogP contribution in [-0.2, 0) is 19.1 Å². The standard InChI is InChI=1S/C64H92N4O5/c1-13-16-17-18-19-20-21-22-35-73-64(71)60-59-61-50(32-33-57(69)72-36-34-43(8)31-25-30-42(7)29-24-28-41(6)27-23-26-40(4)5)46(11)53(67-61)37-51-44(9)48(14-2)55(65-51)38-52-45(10)49(15-3)56(66-52)39-54-47(12)58(63(60)70)62(59)68-54/h14,34,37-42,46,50,60,67,70H,2,13,15-33,35-36H2,1,3-12H3/b43-34+,53-37?,55-38?,56-39?,61-59?/t41-,42-,46+,50+,60-/m1/s1. The maximum absolute atomic E-state index is 14.5. The molecule has 2 N–H and O–H groups in total. The molecule has 8 bridgehead atoms. The highest BCUT2D eigenvalue weighted by molar-refractivity contribution is 6.24. The van der Waals surface area contributed by atoms with Gasteiger partial charge in [-0.15, -0.1) is 0 Å². The number of carbonyl (C=O) groups is 2. The van der Waals surface area contributed by atoms with E-state index in [9.17, 15) is 14.7 Å². The van der Waals surface area contributed by atoms with Gasteiger partial charge < -0.3 is 19.9 Å². The second-order valence-corrected chi connectivity index (χ2v) is 22.6. The van der Waals surface area contributed by atoms with Gasteiger partial charge in [0.25, 0.3) is 0 Å². The quantitative estimate of drug-likeness (QED) is 0.0437. The Morgan fingerprint density at radius 2 is 1.41 bits per heavy atom. The summed E-state index contributed by atoms with van der Waals surface area (Å²) in [6.45, 7) is 28.9. The molecule has 5 aliphatic heterocycles. The first kappa shape index (κ1) is 57.2. The molecule has 1 saturated heterocycles. The van der Waals surface area contributed by atoms with Crippen LogP contribution in [0.1, 0.15) is 205 Å². The Balaban J connectivity index is 1.22. The number of unbranched alkanes of at least 4 members (excludes halogenated alkanes) is 7. The lowest BCUT2D eigenvalue weighted by Crippen LogP contribution is -2.26. The fourth-order valence-corrected chi connectivity index (χ4v) is 11.6. The number of aliphatic imine (C=N–C) groups is 3. The van der Waals surface area contributed by atoms with Crippen LogP contribution in [0, 0.1) is 35.5 Å². The van der Waals surface area contributed by atoms with Crippen molar-refractivity contribution in [2.45, 2.75) is 205 Å². The molecule has 0 radical (unpaired) electrons. The third-order valence-electron chi connectivity index (χ3n) is 16.4. The van der Waals surface area contributed by atoms with Crippen LogP contribution in [0.5, 0.6) is 0 Å². The number of esters is 2. The second-order valence-electron chi connectivity index (χ2n) is 22.6. The molecule has 1 aliphatic carbocycles. The topological polar surface area (TPSA) is 122 Å². The van der Waals surface area contributed by atoms with E-state index in [1.54, 1.807) is 0 Å². The number of nitrogens with one attached hydrogen (secondary N) is 1. The monoisotopic (exact) mass is 997 g/mol. The number of hydrogen-bond donors (Lipinski definition) is 2. The Labute approximate surface area is 440 Å². The van der Waals surface area contributed by atoms with Crippen LogP contribution < -0.4 is 5.32 Å². The molecule has 1 fully saturated rings. The van der Waals surface area contributed by atoms with E-state index in [0.29, 0.717) is 29.0 Å². The molecule has 0 unspecified atom stereocenters. The minimum absolute atomic E-state index is 0.0476. The van der Waals surface area contributed by atoms with Crippen molar-refractivity contribution in [3.05, 3.63) is 116 Å². The van der Waals surface area contributed by atoms with Crippen LogP contribution in [-0.4, -0.2) is 47.4 Å². The van der Waals surface area contributed by atoms with E-state index in [1.807, 2.05) is 19.1 Å². The molecule has 6 rings (SSSR count). The van der Waals surface area contributed by atoms with Gasteiger partial charge in [0.2, 0.25) is 0 Å². The Bertz CT molecular complexity index is 2460. The number of ether oxygens (including phenoxy) is 2. The molecule has 398 valence electrons. The number of aliphatic hydroxyl groups is 1. The highest BCUT2D eigenvalue weighted by Crippen LogP contribution is 2.49. The highest BCUT2D eigenvalue weighted by atomic mass is 16.5. The number of hydrogen-bond acceptors (Lipinski definition) is 9. The molecule has 5 heterocycles. The van der Waals surface area contributed by atoms with Crippen molar-refractivity contribution < 1.29 is 24.2 Å². The molecule has 9 nitrogen and oxygen atoms in total. The molecule has 0 spiro atoms. The molecule has 0 aromatic carbocycles. The summed E-state index contributed by atoms with van der Waals surface area (Å²) in [5.41, 5.74) is 13.5. The van der Waals surface area contributed by atoms with Gasteiger partial charge in [-0.1, -0.05) is 157 Å². The van der Waals surface area contributed by atoms with Crippen LogP contribution >= 0.6 is 0 Å². The fraction of sp³-hybridized carbons (Fsp3) is 0.609. The van der Waals surface area contributed by atoms with E-state index in [0.717, 1.165) is 118 Å². The Hall–Kier alpha value is -5.05. The average molecular weight is 997 g/mol. The fourth-order valence-electron chi connectivity index (χ4n) is 11.6. The van der Waals surface area contributed by atoms with Crippen molar-refractivity contribution in [1.82, 2.24) is 5.32 Å². The smallest absolute Gasteiger partial charge is 0.321 e. The van der Waals surface area contributed by atoms with Gasteiger partial charge in [0.1, 0.15) is 18.3 Å². The summed E-state index contributed by atoms with van der Waals surface area (Å²) >= 11 is 0. The predicted octanol–water partition coefficient (Wildman–Crippen LogP) is 16.5. The van der Waals surface area contributed by atoms with Crippen molar-refractivity contribution in [1.29, 1.82) is 0 Å². The first-order valence-electron chi connectivity index (χ1n) is 28.7. The summed E-state index contributed by atoms with van der Waals surface area (Å²) < 4.78 is 11.9. The summed E-state index contributed by atoms with van der Waals surface area (Å²) in [5, 5.41) is 16.1. The lowest BCUT2D eigenvalue weighted by Gasteiger charge is -2.21. The summed E-state index contributed by atoms with van der Waals surface area (Å²) in [7, 11) is 0. The average Bonchev–Trinajstić information content (AvgIpc) is 4.10. The van der Waals surface area contributed by atoms with E-state index in [4.69, 9.17) is 24.5 Å².